The smallest absolute Gasteiger partial charge is 0.460 e. The largest absolute Gasteiger partial charge is 0.481 e. The summed E-state index contributed by atoms with van der Waals surface area (Å²) >= 11 is 0. The summed E-state index contributed by atoms with van der Waals surface area (Å²) in [7, 11) is 0. The van der Waals surface area contributed by atoms with Crippen LogP contribution in [0.5, 0.6) is 0 Å². The minimum absolute atomic E-state index is 0.464. The van der Waals surface area contributed by atoms with Crippen LogP contribution in [0.3, 0.4) is 0 Å². The topological polar surface area (TPSA) is 236 Å². The molecule has 0 saturated carbocycles. The van der Waals surface area contributed by atoms with Gasteiger partial charge in [0.05, 0.1) is 13.2 Å². The number of carbonyl (C=O) groups excluding carboxylic acids is 4. The Labute approximate surface area is 348 Å². The fourth-order valence-corrected chi connectivity index (χ4v) is 5.53. The van der Waals surface area contributed by atoms with E-state index < -0.39 is 171 Å². The molecule has 0 unspecified atom stereocenters. The monoisotopic (exact) mass is 980 g/mol. The molecule has 1 saturated heterocycles. The molecule has 1 aliphatic rings. The lowest BCUT2D eigenvalue weighted by Gasteiger charge is -2.45. The summed E-state index contributed by atoms with van der Waals surface area (Å²) in [6.45, 7) is 1.78. The van der Waals surface area contributed by atoms with Crippen LogP contribution in [-0.4, -0.2) is 155 Å². The number of aliphatic carboxylic acids is 1. The Hall–Kier alpha value is -4.04. The van der Waals surface area contributed by atoms with Gasteiger partial charge in [0.1, 0.15) is 42.5 Å². The van der Waals surface area contributed by atoms with Crippen molar-refractivity contribution >= 4 is 29.6 Å². The van der Waals surface area contributed by atoms with Gasteiger partial charge in [-0.15, -0.1) is 0 Å². The van der Waals surface area contributed by atoms with Crippen LogP contribution >= 0.6 is 0 Å². The van der Waals surface area contributed by atoms with Gasteiger partial charge in [-0.1, -0.05) is 13.8 Å². The Bertz CT molecular complexity index is 1660. The molecule has 0 aliphatic carbocycles. The lowest BCUT2D eigenvalue weighted by atomic mass is 9.88. The van der Waals surface area contributed by atoms with Gasteiger partial charge in [-0.05, 0) is 25.7 Å². The van der Waals surface area contributed by atoms with Crippen molar-refractivity contribution in [3.05, 3.63) is 0 Å². The molecule has 1 fully saturated rings. The molecule has 1 heterocycles. The van der Waals surface area contributed by atoms with Crippen molar-refractivity contribution in [1.82, 2.24) is 16.0 Å². The molecule has 8 N–H and O–H groups in total. The quantitative estimate of drug-likeness (QED) is 0.0549. The van der Waals surface area contributed by atoms with E-state index in [1.807, 2.05) is 0 Å². The van der Waals surface area contributed by atoms with Gasteiger partial charge in [0, 0.05) is 19.8 Å². The summed E-state index contributed by atoms with van der Waals surface area (Å²) in [6.07, 6.45) is -23.7. The van der Waals surface area contributed by atoms with Crippen LogP contribution in [0, 0.1) is 5.92 Å². The number of carboxylic acid groups (broad SMARTS) is 1. The van der Waals surface area contributed by atoms with Gasteiger partial charge in [-0.3, -0.25) is 24.0 Å². The molecule has 1 aliphatic heterocycles. The zero-order valence-electron chi connectivity index (χ0n) is 33.0. The van der Waals surface area contributed by atoms with Crippen molar-refractivity contribution < 1.29 is 128 Å². The summed E-state index contributed by atoms with van der Waals surface area (Å²) in [5.74, 6) is -64.4. The van der Waals surface area contributed by atoms with Crippen molar-refractivity contribution in [3.63, 3.8) is 0 Å². The highest BCUT2D eigenvalue weighted by Gasteiger charge is 2.95. The van der Waals surface area contributed by atoms with Crippen LogP contribution in [0.15, 0.2) is 0 Å². The Morgan fingerprint density at radius 3 is 1.66 bits per heavy atom. The van der Waals surface area contributed by atoms with Crippen LogP contribution in [0.1, 0.15) is 53.4 Å². The summed E-state index contributed by atoms with van der Waals surface area (Å²) in [5, 5.41) is 35.9. The van der Waals surface area contributed by atoms with Crippen LogP contribution in [0.2, 0.25) is 0 Å². The Balaban J connectivity index is 3.33. The maximum absolute atomic E-state index is 14.5. The van der Waals surface area contributed by atoms with Crippen molar-refractivity contribution in [2.45, 2.75) is 150 Å². The molecule has 0 aromatic rings. The highest BCUT2D eigenvalue weighted by molar-refractivity contribution is 5.92. The lowest BCUT2D eigenvalue weighted by molar-refractivity contribution is -0.461. The van der Waals surface area contributed by atoms with Crippen molar-refractivity contribution in [2.24, 2.45) is 11.7 Å². The molecule has 15 nitrogen and oxygen atoms in total. The maximum Gasteiger partial charge on any atom is 0.460 e. The molecule has 374 valence electrons. The lowest BCUT2D eigenvalue weighted by Crippen LogP contribution is -2.74. The number of carboxylic acids is 1. The Morgan fingerprint density at radius 1 is 0.750 bits per heavy atom. The number of hydrogen-bond donors (Lipinski definition) is 7. The van der Waals surface area contributed by atoms with E-state index in [-0.39, 0.29) is 0 Å². The zero-order chi connectivity index (χ0) is 50.6. The number of aliphatic hydroxyl groups excluding tert-OH is 2. The molecular weight excluding hydrogens is 939 g/mol. The first-order chi connectivity index (χ1) is 28.6. The fraction of sp³-hybridized carbons (Fsp3) is 0.844. The van der Waals surface area contributed by atoms with E-state index in [1.54, 1.807) is 0 Å². The number of aliphatic hydroxyl groups is 2. The second kappa shape index (κ2) is 20.6. The van der Waals surface area contributed by atoms with Gasteiger partial charge in [0.2, 0.25) is 23.6 Å². The maximum atomic E-state index is 14.5. The normalized spacial score (nSPS) is 22.3. The van der Waals surface area contributed by atoms with E-state index in [4.69, 9.17) is 25.1 Å². The number of carbonyl (C=O) groups is 5. The number of halogens is 17. The van der Waals surface area contributed by atoms with Crippen molar-refractivity contribution in [1.29, 1.82) is 0 Å². The van der Waals surface area contributed by atoms with E-state index in [1.165, 1.54) is 13.8 Å². The summed E-state index contributed by atoms with van der Waals surface area (Å²) in [4.78, 5) is 60.9. The molecule has 8 atom stereocenters. The average molecular weight is 981 g/mol. The molecule has 0 spiro atoms. The predicted octanol–water partition coefficient (Wildman–Crippen LogP) is 3.12. The number of ether oxygens (including phenoxy) is 3. The third kappa shape index (κ3) is 11.9. The van der Waals surface area contributed by atoms with Gasteiger partial charge < -0.3 is 51.2 Å². The fourth-order valence-electron chi connectivity index (χ4n) is 5.53. The SMILES string of the molecule is CC(=O)N[C@H]1[C@@H](OCCCC(F)(F)C(F)(F)C(F)(F)C(F)(F)C(F)(F)C(F)(F)C(F)(F)C(F)(F)F)O[C@H](CO)[C@@H](O)[C@@H]1O[C@H](C)C(=O)N[C@H](C(=O)N[C@H](CCC(=O)O)C(N)=O)C(C)C. The number of hydrogen-bond acceptors (Lipinski definition) is 10. The molecule has 64 heavy (non-hydrogen) atoms. The first-order valence-electron chi connectivity index (χ1n) is 17.9. The second-order valence-corrected chi connectivity index (χ2v) is 14.4. The summed E-state index contributed by atoms with van der Waals surface area (Å²) in [5.41, 5.74) is 5.19. The molecule has 4 amide bonds. The van der Waals surface area contributed by atoms with Gasteiger partial charge in [-0.25, -0.2) is 0 Å². The van der Waals surface area contributed by atoms with Gasteiger partial charge in [-0.2, -0.15) is 74.6 Å². The highest BCUT2D eigenvalue weighted by Crippen LogP contribution is 2.64. The first-order valence-corrected chi connectivity index (χ1v) is 17.9. The number of rotatable bonds is 24. The van der Waals surface area contributed by atoms with E-state index in [0.717, 1.165) is 13.8 Å². The molecular formula is C32H41F17N4O11. The minimum atomic E-state index is -8.81. The number of nitrogens with two attached hydrogens (primary N) is 1. The van der Waals surface area contributed by atoms with Crippen LogP contribution in [0.25, 0.3) is 0 Å². The second-order valence-electron chi connectivity index (χ2n) is 14.4. The highest BCUT2D eigenvalue weighted by atomic mass is 19.4. The molecule has 32 heteroatoms. The number of nitrogens with one attached hydrogen (secondary N) is 3. The standard InChI is InChI=1S/C32H41F17N4O11/c1-11(2)17(23(61)52-14(21(50)59)6-7-16(56)57)53-22(60)12(3)63-20-18(51-13(4)55)24(64-15(10-54)19(20)58)62-9-5-8-25(33,34)26(35,36)27(37,38)28(39,40)29(41,42)30(43,44)31(45,46)32(47,48)49/h11-12,14-15,17-20,24,54,58H,5-10H2,1-4H3,(H2,50,59)(H,51,55)(H,52,61)(H,53,60)(H,56,57)/t12-,14-,15-,17+,18-,19-,20-,24+/m1/s1. The van der Waals surface area contributed by atoms with Crippen molar-refractivity contribution in [3.8, 4) is 0 Å². The third-order valence-electron chi connectivity index (χ3n) is 9.21. The molecule has 0 aromatic carbocycles. The number of amides is 4. The van der Waals surface area contributed by atoms with Crippen molar-refractivity contribution in [2.75, 3.05) is 13.2 Å². The van der Waals surface area contributed by atoms with E-state index in [2.05, 4.69) is 16.0 Å². The first kappa shape index (κ1) is 58.0. The molecule has 0 bridgehead atoms. The minimum Gasteiger partial charge on any atom is -0.481 e. The van der Waals surface area contributed by atoms with E-state index in [0.29, 0.717) is 0 Å². The van der Waals surface area contributed by atoms with Gasteiger partial charge in [0.25, 0.3) is 0 Å². The Kier molecular flexibility index (Phi) is 18.7. The number of alkyl halides is 17. The average Bonchev–Trinajstić information content (AvgIpc) is 3.14. The molecule has 0 aromatic heterocycles. The third-order valence-corrected chi connectivity index (χ3v) is 9.21. The van der Waals surface area contributed by atoms with E-state index in [9.17, 15) is 109 Å². The Morgan fingerprint density at radius 2 is 1.23 bits per heavy atom. The van der Waals surface area contributed by atoms with Crippen LogP contribution in [0.4, 0.5) is 74.6 Å². The van der Waals surface area contributed by atoms with Crippen LogP contribution < -0.4 is 21.7 Å². The van der Waals surface area contributed by atoms with Crippen LogP contribution in [-0.2, 0) is 38.2 Å². The van der Waals surface area contributed by atoms with Gasteiger partial charge >= 0.3 is 53.6 Å². The zero-order valence-corrected chi connectivity index (χ0v) is 33.0. The van der Waals surface area contributed by atoms with E-state index >= 15 is 0 Å². The predicted molar refractivity (Wildman–Crippen MR) is 174 cm³/mol. The molecule has 0 radical (unpaired) electrons. The summed E-state index contributed by atoms with van der Waals surface area (Å²) in [6, 6.07) is -5.01. The number of primary amides is 1. The summed E-state index contributed by atoms with van der Waals surface area (Å²) < 4.78 is 248. The molecule has 1 rings (SSSR count). The van der Waals surface area contributed by atoms with Gasteiger partial charge in [0.15, 0.2) is 6.29 Å².